The van der Waals surface area contributed by atoms with Crippen LogP contribution in [0, 0.1) is 11.3 Å². The number of nitriles is 1. The first-order valence-corrected chi connectivity index (χ1v) is 5.27. The third kappa shape index (κ3) is 3.48. The van der Waals surface area contributed by atoms with Crippen molar-refractivity contribution in [3.8, 4) is 6.07 Å². The van der Waals surface area contributed by atoms with Crippen LogP contribution in [-0.4, -0.2) is 7.11 Å². The van der Waals surface area contributed by atoms with Gasteiger partial charge in [0.05, 0.1) is 12.7 Å². The molecular weight excluding hydrogens is 256 g/mol. The summed E-state index contributed by atoms with van der Waals surface area (Å²) in [5.74, 6) is 0. The van der Waals surface area contributed by atoms with Gasteiger partial charge in [0, 0.05) is 4.48 Å². The Balaban J connectivity index is 2.80. The van der Waals surface area contributed by atoms with Gasteiger partial charge in [0.25, 0.3) is 0 Å². The second-order valence-corrected chi connectivity index (χ2v) is 3.74. The summed E-state index contributed by atoms with van der Waals surface area (Å²) in [5, 5.41) is 8.97. The summed E-state index contributed by atoms with van der Waals surface area (Å²) in [6.45, 7) is 0. The SMILES string of the molecule is CO[NH2+]/C=C\C=C1/CC=CC(Br)=C1C#N. The molecule has 0 saturated heterocycles. The molecule has 0 saturated carbocycles. The Bertz CT molecular complexity index is 386. The van der Waals surface area contributed by atoms with Crippen molar-refractivity contribution >= 4 is 15.9 Å². The molecule has 1 rings (SSSR count). The molecule has 1 aliphatic rings. The Labute approximate surface area is 97.5 Å². The highest BCUT2D eigenvalue weighted by Crippen LogP contribution is 2.27. The molecule has 3 nitrogen and oxygen atoms in total. The molecule has 0 aliphatic heterocycles. The number of hydroxylamine groups is 1. The van der Waals surface area contributed by atoms with E-state index in [2.05, 4.69) is 22.0 Å². The van der Waals surface area contributed by atoms with Crippen LogP contribution in [0.15, 0.2) is 46.1 Å². The molecule has 0 unspecified atom stereocenters. The summed E-state index contributed by atoms with van der Waals surface area (Å²) < 4.78 is 0.839. The average Bonchev–Trinajstić information content (AvgIpc) is 2.24. The van der Waals surface area contributed by atoms with Crippen LogP contribution >= 0.6 is 15.9 Å². The molecule has 0 bridgehead atoms. The summed E-state index contributed by atoms with van der Waals surface area (Å²) in [6.07, 6.45) is 10.3. The van der Waals surface area contributed by atoms with Crippen LogP contribution in [-0.2, 0) is 4.84 Å². The third-order valence-electron chi connectivity index (χ3n) is 1.90. The van der Waals surface area contributed by atoms with E-state index < -0.39 is 0 Å². The van der Waals surface area contributed by atoms with Crippen LogP contribution in [0.25, 0.3) is 0 Å². The van der Waals surface area contributed by atoms with Gasteiger partial charge in [-0.2, -0.15) is 10.7 Å². The van der Waals surface area contributed by atoms with Gasteiger partial charge in [0.2, 0.25) is 0 Å². The molecule has 1 aliphatic carbocycles. The van der Waals surface area contributed by atoms with Crippen LogP contribution in [0.1, 0.15) is 6.42 Å². The summed E-state index contributed by atoms with van der Waals surface area (Å²) in [7, 11) is 1.60. The van der Waals surface area contributed by atoms with Gasteiger partial charge in [-0.05, 0) is 34.0 Å². The van der Waals surface area contributed by atoms with E-state index >= 15 is 0 Å². The van der Waals surface area contributed by atoms with Crippen LogP contribution in [0.4, 0.5) is 0 Å². The number of nitrogens with two attached hydrogens (primary N) is 1. The van der Waals surface area contributed by atoms with Crippen LogP contribution in [0.5, 0.6) is 0 Å². The number of rotatable bonds is 3. The second-order valence-electron chi connectivity index (χ2n) is 2.89. The van der Waals surface area contributed by atoms with Gasteiger partial charge in [-0.15, -0.1) is 0 Å². The largest absolute Gasteiger partial charge is 0.205 e. The number of hydrogen-bond acceptors (Lipinski definition) is 2. The first-order valence-electron chi connectivity index (χ1n) is 4.48. The number of allylic oxidation sites excluding steroid dienone is 7. The lowest BCUT2D eigenvalue weighted by Gasteiger charge is -2.08. The topological polar surface area (TPSA) is 49.6 Å². The number of quaternary nitrogens is 1. The highest BCUT2D eigenvalue weighted by Gasteiger charge is 2.10. The fraction of sp³-hybridized carbons (Fsp3) is 0.182. The Kier molecular flexibility index (Phi) is 5.05. The molecule has 0 spiro atoms. The van der Waals surface area contributed by atoms with Crippen molar-refractivity contribution < 1.29 is 10.3 Å². The maximum Gasteiger partial charge on any atom is 0.125 e. The predicted molar refractivity (Wildman–Crippen MR) is 61.5 cm³/mol. The fourth-order valence-electron chi connectivity index (χ4n) is 1.20. The second kappa shape index (κ2) is 6.36. The van der Waals surface area contributed by atoms with E-state index in [1.54, 1.807) is 18.8 Å². The molecule has 0 amide bonds. The molecule has 78 valence electrons. The molecule has 0 aromatic heterocycles. The summed E-state index contributed by atoms with van der Waals surface area (Å²) in [5.41, 5.74) is 3.28. The molecule has 0 aromatic carbocycles. The lowest BCUT2D eigenvalue weighted by Crippen LogP contribution is -2.75. The van der Waals surface area contributed by atoms with Gasteiger partial charge in [-0.25, -0.2) is 4.84 Å². The van der Waals surface area contributed by atoms with Crippen molar-refractivity contribution in [1.29, 1.82) is 5.26 Å². The van der Waals surface area contributed by atoms with Crippen molar-refractivity contribution in [2.75, 3.05) is 7.11 Å². The predicted octanol–water partition coefficient (Wildman–Crippen LogP) is 1.68. The van der Waals surface area contributed by atoms with Gasteiger partial charge in [0.15, 0.2) is 0 Å². The minimum atomic E-state index is 0.694. The molecule has 0 aromatic rings. The van der Waals surface area contributed by atoms with Crippen LogP contribution in [0.2, 0.25) is 0 Å². The Morgan fingerprint density at radius 1 is 1.67 bits per heavy atom. The monoisotopic (exact) mass is 267 g/mol. The summed E-state index contributed by atoms with van der Waals surface area (Å²) in [6, 6.07) is 2.18. The average molecular weight is 268 g/mol. The number of hydrogen-bond donors (Lipinski definition) is 1. The van der Waals surface area contributed by atoms with E-state index in [1.165, 1.54) is 0 Å². The highest BCUT2D eigenvalue weighted by atomic mass is 79.9. The van der Waals surface area contributed by atoms with E-state index in [-0.39, 0.29) is 0 Å². The van der Waals surface area contributed by atoms with Gasteiger partial charge in [-0.1, -0.05) is 18.2 Å². The minimum absolute atomic E-state index is 0.694. The van der Waals surface area contributed by atoms with Gasteiger partial charge in [-0.3, -0.25) is 0 Å². The minimum Gasteiger partial charge on any atom is -0.205 e. The third-order valence-corrected chi connectivity index (χ3v) is 2.56. The van der Waals surface area contributed by atoms with Crippen molar-refractivity contribution in [2.24, 2.45) is 0 Å². The van der Waals surface area contributed by atoms with E-state index in [0.717, 1.165) is 16.5 Å². The molecule has 15 heavy (non-hydrogen) atoms. The lowest BCUT2D eigenvalue weighted by molar-refractivity contribution is -0.842. The summed E-state index contributed by atoms with van der Waals surface area (Å²) >= 11 is 3.35. The number of halogens is 1. The van der Waals surface area contributed by atoms with Crippen molar-refractivity contribution in [1.82, 2.24) is 0 Å². The molecular formula is C11H12BrN2O+. The van der Waals surface area contributed by atoms with Crippen molar-refractivity contribution in [3.63, 3.8) is 0 Å². The quantitative estimate of drug-likeness (QED) is 0.792. The molecule has 0 radical (unpaired) electrons. The zero-order chi connectivity index (χ0) is 11.1. The first-order chi connectivity index (χ1) is 7.29. The Morgan fingerprint density at radius 3 is 3.13 bits per heavy atom. The highest BCUT2D eigenvalue weighted by molar-refractivity contribution is 9.11. The zero-order valence-corrected chi connectivity index (χ0v) is 9.99. The Morgan fingerprint density at radius 2 is 2.47 bits per heavy atom. The number of nitrogens with zero attached hydrogens (tertiary/aromatic N) is 1. The van der Waals surface area contributed by atoms with Crippen molar-refractivity contribution in [2.45, 2.75) is 6.42 Å². The molecule has 0 fully saturated rings. The van der Waals surface area contributed by atoms with E-state index in [1.807, 2.05) is 24.3 Å². The van der Waals surface area contributed by atoms with Gasteiger partial charge >= 0.3 is 0 Å². The van der Waals surface area contributed by atoms with E-state index in [9.17, 15) is 0 Å². The van der Waals surface area contributed by atoms with Gasteiger partial charge < -0.3 is 0 Å². The molecule has 4 heteroatoms. The zero-order valence-electron chi connectivity index (χ0n) is 8.40. The van der Waals surface area contributed by atoms with E-state index in [0.29, 0.717) is 5.57 Å². The maximum atomic E-state index is 8.97. The smallest absolute Gasteiger partial charge is 0.125 e. The van der Waals surface area contributed by atoms with Crippen molar-refractivity contribution in [3.05, 3.63) is 46.1 Å². The fourth-order valence-corrected chi connectivity index (χ4v) is 1.73. The normalized spacial score (nSPS) is 18.9. The lowest BCUT2D eigenvalue weighted by atomic mass is 9.99. The Hall–Kier alpha value is -1.15. The van der Waals surface area contributed by atoms with Gasteiger partial charge in [0.1, 0.15) is 12.3 Å². The summed E-state index contributed by atoms with van der Waals surface area (Å²) in [4.78, 5) is 4.76. The van der Waals surface area contributed by atoms with Crippen LogP contribution < -0.4 is 5.48 Å². The molecule has 0 atom stereocenters. The first kappa shape index (κ1) is 11.9. The maximum absolute atomic E-state index is 8.97. The van der Waals surface area contributed by atoms with E-state index in [4.69, 9.17) is 10.1 Å². The molecule has 0 heterocycles. The molecule has 2 N–H and O–H groups in total. The standard InChI is InChI=1S/C11H11BrN2O/c1-15-14-7-3-5-9-4-2-6-11(12)10(9)8-13/h2-3,5-7,14H,4H2,1H3/p+1/b7-3-,9-5+. The van der Waals surface area contributed by atoms with Crippen LogP contribution in [0.3, 0.4) is 0 Å².